The van der Waals surface area contributed by atoms with E-state index in [0.717, 1.165) is 23.8 Å². The van der Waals surface area contributed by atoms with Gasteiger partial charge in [-0.2, -0.15) is 0 Å². The van der Waals surface area contributed by atoms with Crippen LogP contribution in [0.3, 0.4) is 0 Å². The summed E-state index contributed by atoms with van der Waals surface area (Å²) in [6, 6.07) is 0.760. The van der Waals surface area contributed by atoms with Gasteiger partial charge in [-0.1, -0.05) is 27.7 Å². The van der Waals surface area contributed by atoms with Crippen molar-refractivity contribution in [2.45, 2.75) is 59.4 Å². The first kappa shape index (κ1) is 16.0. The predicted octanol–water partition coefficient (Wildman–Crippen LogP) is 3.38. The monoisotopic (exact) mass is 254 g/mol. The van der Waals surface area contributed by atoms with Crippen LogP contribution in [0.15, 0.2) is 0 Å². The van der Waals surface area contributed by atoms with E-state index in [4.69, 9.17) is 0 Å². The zero-order valence-corrected chi connectivity index (χ0v) is 13.2. The van der Waals surface area contributed by atoms with E-state index in [1.165, 1.54) is 45.3 Å². The Labute approximate surface area is 115 Å². The van der Waals surface area contributed by atoms with Crippen molar-refractivity contribution in [2.75, 3.05) is 26.7 Å². The first-order valence-electron chi connectivity index (χ1n) is 7.94. The molecule has 0 amide bonds. The van der Waals surface area contributed by atoms with Crippen molar-refractivity contribution in [1.29, 1.82) is 0 Å². The first-order valence-corrected chi connectivity index (χ1v) is 7.94. The third-order valence-corrected chi connectivity index (χ3v) is 4.12. The highest BCUT2D eigenvalue weighted by molar-refractivity contribution is 4.85. The van der Waals surface area contributed by atoms with Gasteiger partial charge < -0.3 is 10.2 Å². The summed E-state index contributed by atoms with van der Waals surface area (Å²) in [5.74, 6) is 2.55. The Morgan fingerprint density at radius 1 is 1.28 bits per heavy atom. The van der Waals surface area contributed by atoms with E-state index in [0.29, 0.717) is 0 Å². The molecule has 1 fully saturated rings. The van der Waals surface area contributed by atoms with Crippen molar-refractivity contribution in [2.24, 2.45) is 17.8 Å². The van der Waals surface area contributed by atoms with Gasteiger partial charge in [-0.3, -0.25) is 0 Å². The van der Waals surface area contributed by atoms with E-state index in [2.05, 4.69) is 45.0 Å². The van der Waals surface area contributed by atoms with E-state index in [9.17, 15) is 0 Å². The molecule has 108 valence electrons. The van der Waals surface area contributed by atoms with Crippen LogP contribution in [0, 0.1) is 17.8 Å². The van der Waals surface area contributed by atoms with Crippen LogP contribution < -0.4 is 5.32 Å². The molecule has 0 aliphatic heterocycles. The molecule has 0 heterocycles. The summed E-state index contributed by atoms with van der Waals surface area (Å²) in [6.45, 7) is 13.0. The largest absolute Gasteiger partial charge is 0.314 e. The molecule has 1 N–H and O–H groups in total. The molecule has 0 aromatic carbocycles. The second-order valence-corrected chi connectivity index (χ2v) is 6.85. The lowest BCUT2D eigenvalue weighted by atomic mass is 9.78. The maximum atomic E-state index is 3.77. The van der Waals surface area contributed by atoms with Crippen molar-refractivity contribution in [3.05, 3.63) is 0 Å². The Balaban J connectivity index is 2.45. The third-order valence-electron chi connectivity index (χ3n) is 4.12. The molecule has 1 rings (SSSR count). The Bertz CT molecular complexity index is 213. The second kappa shape index (κ2) is 8.16. The van der Waals surface area contributed by atoms with Crippen LogP contribution in [0.25, 0.3) is 0 Å². The fraction of sp³-hybridized carbons (Fsp3) is 1.00. The number of nitrogens with one attached hydrogen (secondary N) is 1. The van der Waals surface area contributed by atoms with Crippen LogP contribution >= 0.6 is 0 Å². The van der Waals surface area contributed by atoms with Crippen molar-refractivity contribution < 1.29 is 0 Å². The fourth-order valence-electron chi connectivity index (χ4n) is 3.40. The number of hydrogen-bond acceptors (Lipinski definition) is 2. The number of nitrogens with zero attached hydrogens (tertiary/aromatic N) is 1. The minimum Gasteiger partial charge on any atom is -0.314 e. The molecular weight excluding hydrogens is 220 g/mol. The highest BCUT2D eigenvalue weighted by atomic mass is 15.1. The number of rotatable bonds is 7. The minimum atomic E-state index is 0.760. The van der Waals surface area contributed by atoms with E-state index in [1.54, 1.807) is 0 Å². The molecule has 2 heteroatoms. The summed E-state index contributed by atoms with van der Waals surface area (Å²) in [6.07, 6.45) is 5.44. The standard InChI is InChI=1S/C16H34N2/c1-6-9-17-16-8-7-14(4)10-15(16)12-18(5)11-13(2)3/h13-17H,6-12H2,1-5H3. The Kier molecular flexibility index (Phi) is 7.25. The summed E-state index contributed by atoms with van der Waals surface area (Å²) in [5.41, 5.74) is 0. The zero-order chi connectivity index (χ0) is 13.5. The van der Waals surface area contributed by atoms with E-state index < -0.39 is 0 Å². The summed E-state index contributed by atoms with van der Waals surface area (Å²) in [5, 5.41) is 3.77. The molecule has 0 spiro atoms. The van der Waals surface area contributed by atoms with Crippen molar-refractivity contribution in [3.8, 4) is 0 Å². The maximum absolute atomic E-state index is 3.77. The van der Waals surface area contributed by atoms with E-state index >= 15 is 0 Å². The van der Waals surface area contributed by atoms with Crippen LogP contribution in [0.2, 0.25) is 0 Å². The summed E-state index contributed by atoms with van der Waals surface area (Å²) >= 11 is 0. The molecule has 2 nitrogen and oxygen atoms in total. The average molecular weight is 254 g/mol. The summed E-state index contributed by atoms with van der Waals surface area (Å²) in [4.78, 5) is 2.54. The van der Waals surface area contributed by atoms with E-state index in [1.807, 2.05) is 0 Å². The maximum Gasteiger partial charge on any atom is 0.0108 e. The van der Waals surface area contributed by atoms with Crippen molar-refractivity contribution in [3.63, 3.8) is 0 Å². The van der Waals surface area contributed by atoms with Gasteiger partial charge in [-0.25, -0.2) is 0 Å². The van der Waals surface area contributed by atoms with Gasteiger partial charge in [0.1, 0.15) is 0 Å². The van der Waals surface area contributed by atoms with E-state index in [-0.39, 0.29) is 0 Å². The Morgan fingerprint density at radius 3 is 2.61 bits per heavy atom. The molecule has 3 atom stereocenters. The SMILES string of the molecule is CCCNC1CCC(C)CC1CN(C)CC(C)C. The van der Waals surface area contributed by atoms with Gasteiger partial charge in [0.25, 0.3) is 0 Å². The van der Waals surface area contributed by atoms with Gasteiger partial charge in [-0.15, -0.1) is 0 Å². The second-order valence-electron chi connectivity index (χ2n) is 6.85. The van der Waals surface area contributed by atoms with Crippen LogP contribution in [0.4, 0.5) is 0 Å². The third kappa shape index (κ3) is 5.71. The Morgan fingerprint density at radius 2 is 2.00 bits per heavy atom. The Hall–Kier alpha value is -0.0800. The zero-order valence-electron chi connectivity index (χ0n) is 13.2. The predicted molar refractivity (Wildman–Crippen MR) is 80.9 cm³/mol. The summed E-state index contributed by atoms with van der Waals surface area (Å²) < 4.78 is 0. The lowest BCUT2D eigenvalue weighted by molar-refractivity contribution is 0.153. The molecule has 3 unspecified atom stereocenters. The molecule has 1 aliphatic carbocycles. The lowest BCUT2D eigenvalue weighted by Gasteiger charge is -2.38. The normalized spacial score (nSPS) is 29.2. The van der Waals surface area contributed by atoms with Gasteiger partial charge in [0, 0.05) is 19.1 Å². The molecule has 0 aromatic heterocycles. The lowest BCUT2D eigenvalue weighted by Crippen LogP contribution is -2.45. The topological polar surface area (TPSA) is 15.3 Å². The average Bonchev–Trinajstić information content (AvgIpc) is 2.26. The van der Waals surface area contributed by atoms with Crippen LogP contribution in [0.1, 0.15) is 53.4 Å². The molecule has 0 radical (unpaired) electrons. The summed E-state index contributed by atoms with van der Waals surface area (Å²) in [7, 11) is 2.29. The highest BCUT2D eigenvalue weighted by Gasteiger charge is 2.28. The number of hydrogen-bond donors (Lipinski definition) is 1. The first-order chi connectivity index (χ1) is 8.52. The fourth-order valence-corrected chi connectivity index (χ4v) is 3.40. The molecule has 0 bridgehead atoms. The smallest absolute Gasteiger partial charge is 0.0108 e. The molecular formula is C16H34N2. The van der Waals surface area contributed by atoms with Crippen LogP contribution in [0.5, 0.6) is 0 Å². The molecule has 1 aliphatic rings. The van der Waals surface area contributed by atoms with Crippen molar-refractivity contribution >= 4 is 0 Å². The molecule has 18 heavy (non-hydrogen) atoms. The van der Waals surface area contributed by atoms with Gasteiger partial charge in [0.15, 0.2) is 0 Å². The van der Waals surface area contributed by atoms with Crippen molar-refractivity contribution in [1.82, 2.24) is 10.2 Å². The quantitative estimate of drug-likeness (QED) is 0.749. The van der Waals surface area contributed by atoms with Gasteiger partial charge >= 0.3 is 0 Å². The molecule has 0 aromatic rings. The van der Waals surface area contributed by atoms with Crippen LogP contribution in [-0.4, -0.2) is 37.6 Å². The molecule has 1 saturated carbocycles. The van der Waals surface area contributed by atoms with Gasteiger partial charge in [0.05, 0.1) is 0 Å². The minimum absolute atomic E-state index is 0.760. The van der Waals surface area contributed by atoms with Crippen LogP contribution in [-0.2, 0) is 0 Å². The van der Waals surface area contributed by atoms with Gasteiger partial charge in [0.2, 0.25) is 0 Å². The highest BCUT2D eigenvalue weighted by Crippen LogP contribution is 2.29. The van der Waals surface area contributed by atoms with Gasteiger partial charge in [-0.05, 0) is 57.0 Å². The molecule has 0 saturated heterocycles.